The van der Waals surface area contributed by atoms with Gasteiger partial charge in [0.1, 0.15) is 19.3 Å². The number of benzene rings is 6. The lowest BCUT2D eigenvalue weighted by molar-refractivity contribution is -0.196. The van der Waals surface area contributed by atoms with Crippen LogP contribution >= 0.6 is 22.6 Å². The molecule has 0 bridgehead atoms. The highest BCUT2D eigenvalue weighted by atomic mass is 127. The summed E-state index contributed by atoms with van der Waals surface area (Å²) in [6.07, 6.45) is 27.5. The fourth-order valence-electron chi connectivity index (χ4n) is 12.2. The Labute approximate surface area is 681 Å². The molecule has 10 atom stereocenters. The summed E-state index contributed by atoms with van der Waals surface area (Å²) in [5, 5.41) is 33.8. The number of rotatable bonds is 26. The molecule has 0 radical (unpaired) electrons. The second kappa shape index (κ2) is 49.0. The average Bonchev–Trinajstić information content (AvgIpc) is 0.786. The van der Waals surface area contributed by atoms with Gasteiger partial charge < -0.3 is 73.6 Å². The number of ketones is 2. The summed E-state index contributed by atoms with van der Waals surface area (Å²) in [6.45, 7) is 10.8. The Morgan fingerprint density at radius 3 is 1.06 bits per heavy atom. The van der Waals surface area contributed by atoms with Crippen LogP contribution in [-0.2, 0) is 57.1 Å². The second-order valence-corrected chi connectivity index (χ2v) is 28.9. The molecule has 0 aliphatic carbocycles. The van der Waals surface area contributed by atoms with Crippen LogP contribution < -0.4 is 10.6 Å². The lowest BCUT2D eigenvalue weighted by Crippen LogP contribution is -2.62. The molecular weight excluding hydrogens is 1550 g/mol. The lowest BCUT2D eigenvalue weighted by Gasteiger charge is -2.36. The van der Waals surface area contributed by atoms with Gasteiger partial charge in [-0.2, -0.15) is 0 Å². The van der Waals surface area contributed by atoms with Crippen molar-refractivity contribution in [3.8, 4) is 48.9 Å². The summed E-state index contributed by atoms with van der Waals surface area (Å²) in [5.41, 5.74) is 5.21. The Kier molecular flexibility index (Phi) is 40.3. The van der Waals surface area contributed by atoms with Gasteiger partial charge >= 0.3 is 0 Å². The quantitative estimate of drug-likeness (QED) is 0.0192. The minimum Gasteiger partial charge on any atom is -0.393 e. The molecule has 4 unspecified atom stereocenters. The smallest absolute Gasteiger partial charge is 0.254 e. The third-order valence-electron chi connectivity index (χ3n) is 19.9. The van der Waals surface area contributed by atoms with Crippen molar-refractivity contribution in [1.82, 2.24) is 20.4 Å². The minimum absolute atomic E-state index is 0.0454. The number of hydrogen-bond acceptors (Lipinski definition) is 17. The molecule has 4 heterocycles. The predicted octanol–water partition coefficient (Wildman–Crippen LogP) is 13.2. The van der Waals surface area contributed by atoms with E-state index in [1.165, 1.54) is 58.9 Å². The third-order valence-corrected chi connectivity index (χ3v) is 20.6. The van der Waals surface area contributed by atoms with Crippen LogP contribution in [0.2, 0.25) is 0 Å². The number of amides is 4. The van der Waals surface area contributed by atoms with Gasteiger partial charge in [-0.15, -0.1) is 19.3 Å². The monoisotopic (exact) mass is 1660 g/mol. The molecule has 10 rings (SSSR count). The Morgan fingerprint density at radius 1 is 0.460 bits per heavy atom. The van der Waals surface area contributed by atoms with Crippen LogP contribution in [0.15, 0.2) is 146 Å². The molecule has 4 amide bonds. The number of halogens is 1. The van der Waals surface area contributed by atoms with E-state index in [2.05, 4.69) is 69.8 Å². The van der Waals surface area contributed by atoms with Crippen molar-refractivity contribution in [2.75, 3.05) is 74.4 Å². The van der Waals surface area contributed by atoms with Crippen molar-refractivity contribution in [1.29, 1.82) is 0 Å². The number of carbonyl (C=O) groups is 6. The van der Waals surface area contributed by atoms with Crippen LogP contribution in [0.5, 0.6) is 0 Å². The molecule has 4 saturated heterocycles. The molecule has 6 aromatic carbocycles. The van der Waals surface area contributed by atoms with Gasteiger partial charge in [-0.25, -0.2) is 0 Å². The van der Waals surface area contributed by atoms with E-state index in [1.54, 1.807) is 48.5 Å². The summed E-state index contributed by atoms with van der Waals surface area (Å²) < 4.78 is 46.0. The Bertz CT molecular complexity index is 4040. The maximum Gasteiger partial charge on any atom is 0.254 e. The van der Waals surface area contributed by atoms with E-state index in [-0.39, 0.29) is 50.7 Å². The number of nitrogens with one attached hydrogen (secondary N) is 2. The van der Waals surface area contributed by atoms with Crippen LogP contribution in [-0.4, -0.2) is 171 Å². The lowest BCUT2D eigenvalue weighted by atomic mass is 9.92. The number of carbonyl (C=O) groups excluding carboxylic acids is 6. The summed E-state index contributed by atoms with van der Waals surface area (Å²) in [5.74, 6) is 10.7. The van der Waals surface area contributed by atoms with Gasteiger partial charge in [-0.1, -0.05) is 98.9 Å². The molecule has 22 heteroatoms. The van der Waals surface area contributed by atoms with Crippen LogP contribution in [0.25, 0.3) is 0 Å². The first-order valence-corrected chi connectivity index (χ1v) is 39.7. The number of ether oxygens (including phenoxy) is 8. The highest BCUT2D eigenvalue weighted by molar-refractivity contribution is 14.1. The first kappa shape index (κ1) is 92.9. The fourth-order valence-corrected chi connectivity index (χ4v) is 12.6. The van der Waals surface area contributed by atoms with Gasteiger partial charge in [0.15, 0.2) is 47.8 Å². The minimum atomic E-state index is -1.77. The zero-order chi connectivity index (χ0) is 82.3. The first-order valence-electron chi connectivity index (χ1n) is 38.7. The molecule has 6 aromatic rings. The highest BCUT2D eigenvalue weighted by Crippen LogP contribution is 2.30. The Balaban J connectivity index is 0.000000232. The Hall–Kier alpha value is -8.93. The fraction of sp³-hybridized carbons (Fsp3) is 0.451. The maximum absolute atomic E-state index is 13.3. The van der Waals surface area contributed by atoms with E-state index >= 15 is 0 Å². The molecule has 0 saturated carbocycles. The topological polar surface area (TPSA) is 267 Å². The number of nitrogens with zero attached hydrogens (tertiary/aromatic N) is 2. The number of likely N-dealkylation sites (N-methyl/N-ethyl adjacent to an activating group) is 4. The zero-order valence-corrected chi connectivity index (χ0v) is 68.8. The molecule has 0 spiro atoms. The molecule has 21 nitrogen and oxygen atoms in total. The number of aliphatic hydroxyl groups excluding tert-OH is 3. The molecule has 4 aliphatic rings. The summed E-state index contributed by atoms with van der Waals surface area (Å²) in [4.78, 5) is 79.9. The third kappa shape index (κ3) is 28.5. The van der Waals surface area contributed by atoms with E-state index in [0.29, 0.717) is 49.2 Å². The number of aliphatic hydroxyl groups is 3. The van der Waals surface area contributed by atoms with Crippen molar-refractivity contribution in [3.05, 3.63) is 210 Å². The van der Waals surface area contributed by atoms with Gasteiger partial charge in [0.25, 0.3) is 23.6 Å². The molecule has 4 aliphatic heterocycles. The molecule has 113 heavy (non-hydrogen) atoms. The number of Topliss-reactive ketones (excluding diaryl/α,β-unsaturated/α-hetero) is 2. The van der Waals surface area contributed by atoms with E-state index in [4.69, 9.17) is 57.2 Å². The van der Waals surface area contributed by atoms with Crippen molar-refractivity contribution in [2.24, 2.45) is 0 Å². The molecule has 604 valence electrons. The summed E-state index contributed by atoms with van der Waals surface area (Å²) >= 11 is 2.14. The summed E-state index contributed by atoms with van der Waals surface area (Å²) in [7, 11) is 5.73. The average molecular weight is 1660 g/mol. The van der Waals surface area contributed by atoms with Gasteiger partial charge in [-0.3, -0.25) is 28.8 Å². The van der Waals surface area contributed by atoms with Crippen LogP contribution in [0.3, 0.4) is 0 Å². The van der Waals surface area contributed by atoms with Crippen LogP contribution in [0.4, 0.5) is 0 Å². The van der Waals surface area contributed by atoms with E-state index in [1.807, 2.05) is 111 Å². The van der Waals surface area contributed by atoms with Crippen molar-refractivity contribution in [2.45, 2.75) is 192 Å². The predicted molar refractivity (Wildman–Crippen MR) is 442 cm³/mol. The molecule has 0 aromatic heterocycles. The van der Waals surface area contributed by atoms with E-state index < -0.39 is 65.0 Å². The van der Waals surface area contributed by atoms with Crippen molar-refractivity contribution in [3.63, 3.8) is 0 Å². The molecule has 5 N–H and O–H groups in total. The van der Waals surface area contributed by atoms with E-state index in [0.717, 1.165) is 131 Å². The van der Waals surface area contributed by atoms with Gasteiger partial charge in [0.2, 0.25) is 0 Å². The number of terminal acetylenes is 3. The number of hydrogen-bond donors (Lipinski definition) is 5. The van der Waals surface area contributed by atoms with Gasteiger partial charge in [0.05, 0.1) is 24.9 Å². The zero-order valence-electron chi connectivity index (χ0n) is 66.6. The summed E-state index contributed by atoms with van der Waals surface area (Å²) in [6, 6.07) is 43.9. The first-order chi connectivity index (χ1) is 54.4. The van der Waals surface area contributed by atoms with Gasteiger partial charge in [-0.05, 0) is 252 Å². The Morgan fingerprint density at radius 2 is 0.761 bits per heavy atom. The molecule has 4 fully saturated rings. The van der Waals surface area contributed by atoms with E-state index in [9.17, 15) is 44.1 Å². The van der Waals surface area contributed by atoms with Crippen LogP contribution in [0, 0.1) is 52.4 Å². The molecular formula is C91H111IN4O17. The maximum atomic E-state index is 13.3. The van der Waals surface area contributed by atoms with Crippen molar-refractivity contribution >= 4 is 57.8 Å². The second-order valence-electron chi connectivity index (χ2n) is 27.6. The largest absolute Gasteiger partial charge is 0.393 e. The highest BCUT2D eigenvalue weighted by Gasteiger charge is 2.48. The standard InChI is InChI=1S/C30H36N2O6.C19H25IN2O5.C16H20O2.C15H18O3.C11H12O/c1-5-25(33)23-15-11-21(12-16-23)9-10-22-13-17-24(18-14-22)28(35)32(4)30(2,29(36)31-3)26(34)20-38-27-8-6-7-19-37-27;1-19(18(25)21-2,15(23)12-27-16-6-4-5-11-26-16)22(3)17(24)13-7-9-14(20)10-8-13;1-3-13-8-10-14(11-9-13)15(4-2)18-16-7-5-6-12-17-16;1-2-12-6-8-13(9-7-12)14(11-16)18-15-5-3-4-10-17-15;1-3-9-5-7-10(8-6-9)11(12)4-2/h11-18,25,27,33H,5-8,19-20H2,1-4H3,(H,31,36);7-10,16H,4-6,11-12H2,1-3H3,(H,21,25);1,8-11,15-16H,4-7,12H2,2H3;1,6-9,14-16H,3-5,10-11H2;1,5-8,11-12H,4H2,2H3/t25-,27?,30-;16?,19-;15-,16?;14-,15?;11-/m11111/s1. The van der Waals surface area contributed by atoms with Crippen LogP contribution in [0.1, 0.15) is 226 Å². The SMILES string of the molecule is C#Cc1ccc([C@@H](CC)OC2CCCCO2)cc1.C#Cc1ccc([C@@H](CO)OC2CCCCO2)cc1.C#Cc1ccc([C@H](O)CC)cc1.CC[C@@H](O)c1ccc(C#Cc2ccc(C(=O)N(C)[C@](C)(C(=O)COC3CCCCO3)C(=O)NC)cc2)cc1.CNC(=O)[C@@](C)(C(=O)COC1CCCCO1)N(C)C(=O)c1ccc(I)cc1. The van der Waals surface area contributed by atoms with Crippen molar-refractivity contribution < 1.29 is 82.0 Å². The van der Waals surface area contributed by atoms with Gasteiger partial charge in [0, 0.05) is 97.1 Å². The normalized spacial score (nSPS) is 18.4.